The molecule has 0 amide bonds. The molecule has 1 atom stereocenters. The molecular weight excluding hydrogens is 305 g/mol. The molecule has 7 heteroatoms. The highest BCUT2D eigenvalue weighted by molar-refractivity contribution is 8.14. The number of benzene rings is 1. The van der Waals surface area contributed by atoms with E-state index in [2.05, 4.69) is 22.4 Å². The third-order valence-corrected chi connectivity index (χ3v) is 4.49. The number of hydrogen-bond acceptors (Lipinski definition) is 3. The van der Waals surface area contributed by atoms with Gasteiger partial charge in [0.15, 0.2) is 5.17 Å². The monoisotopic (exact) mass is 320 g/mol. The summed E-state index contributed by atoms with van der Waals surface area (Å²) in [6.07, 6.45) is 0.907. The van der Waals surface area contributed by atoms with Gasteiger partial charge in [-0.1, -0.05) is 42.1 Å². The van der Waals surface area contributed by atoms with Gasteiger partial charge in [0.1, 0.15) is 0 Å². The van der Waals surface area contributed by atoms with Gasteiger partial charge in [-0.3, -0.25) is 4.99 Å². The van der Waals surface area contributed by atoms with E-state index in [0.717, 1.165) is 17.3 Å². The van der Waals surface area contributed by atoms with E-state index in [0.29, 0.717) is 6.04 Å². The Bertz CT molecular complexity index is 449. The van der Waals surface area contributed by atoms with Crippen molar-refractivity contribution in [2.24, 2.45) is 4.99 Å². The van der Waals surface area contributed by atoms with Crippen LogP contribution in [0.25, 0.3) is 0 Å². The largest absolute Gasteiger partial charge is 0.441 e. The van der Waals surface area contributed by atoms with Crippen LogP contribution in [-0.4, -0.2) is 34.8 Å². The number of nitrogens with zero attached hydrogens (tertiary/aromatic N) is 1. The van der Waals surface area contributed by atoms with Crippen molar-refractivity contribution in [3.63, 3.8) is 0 Å². The first-order valence-electron chi connectivity index (χ1n) is 6.21. The standard InChI is InChI=1S/C13H15F3N2S2/c14-13(15,16)20-7-6-17-12-18-11(9-19-12)8-10-4-2-1-3-5-10/h1-5,11H,6-9H2,(H,17,18). The van der Waals surface area contributed by atoms with Gasteiger partial charge in [-0.05, 0) is 23.7 Å². The lowest BCUT2D eigenvalue weighted by molar-refractivity contribution is -0.0327. The second-order valence-electron chi connectivity index (χ2n) is 4.32. The van der Waals surface area contributed by atoms with E-state index in [1.54, 1.807) is 11.8 Å². The molecule has 1 heterocycles. The van der Waals surface area contributed by atoms with Crippen molar-refractivity contribution < 1.29 is 13.2 Å². The van der Waals surface area contributed by atoms with Crippen LogP contribution in [0.4, 0.5) is 13.2 Å². The Morgan fingerprint density at radius 1 is 1.30 bits per heavy atom. The molecule has 2 nitrogen and oxygen atoms in total. The van der Waals surface area contributed by atoms with Crippen LogP contribution >= 0.6 is 23.5 Å². The molecule has 0 bridgehead atoms. The van der Waals surface area contributed by atoms with Crippen molar-refractivity contribution >= 4 is 28.7 Å². The zero-order chi connectivity index (χ0) is 14.4. The van der Waals surface area contributed by atoms with E-state index in [1.807, 2.05) is 18.2 Å². The average molecular weight is 320 g/mol. The lowest BCUT2D eigenvalue weighted by atomic mass is 10.1. The van der Waals surface area contributed by atoms with Gasteiger partial charge in [0.05, 0.1) is 6.54 Å². The summed E-state index contributed by atoms with van der Waals surface area (Å²) in [5.41, 5.74) is -2.91. The predicted molar refractivity (Wildman–Crippen MR) is 80.3 cm³/mol. The first-order valence-corrected chi connectivity index (χ1v) is 8.18. The molecule has 1 aromatic carbocycles. The second kappa shape index (κ2) is 7.26. The molecular formula is C13H15F3N2S2. The zero-order valence-electron chi connectivity index (χ0n) is 10.7. The van der Waals surface area contributed by atoms with Gasteiger partial charge in [0.2, 0.25) is 0 Å². The molecule has 1 saturated heterocycles. The second-order valence-corrected chi connectivity index (χ2v) is 6.49. The summed E-state index contributed by atoms with van der Waals surface area (Å²) in [4.78, 5) is 4.17. The SMILES string of the molecule is FC(F)(F)SCCN=C1NC(Cc2ccccc2)CS1. The minimum Gasteiger partial charge on any atom is -0.361 e. The Balaban J connectivity index is 1.72. The summed E-state index contributed by atoms with van der Waals surface area (Å²) >= 11 is 1.55. The maximum Gasteiger partial charge on any atom is 0.441 e. The van der Waals surface area contributed by atoms with Gasteiger partial charge >= 0.3 is 5.51 Å². The maximum atomic E-state index is 12.0. The molecule has 0 aromatic heterocycles. The number of rotatable bonds is 5. The number of nitrogens with one attached hydrogen (secondary N) is 1. The number of hydrogen-bond donors (Lipinski definition) is 1. The highest BCUT2D eigenvalue weighted by atomic mass is 32.2. The normalized spacial score (nSPS) is 21.1. The van der Waals surface area contributed by atoms with Crippen molar-refractivity contribution in [2.45, 2.75) is 18.0 Å². The molecule has 1 fully saturated rings. The van der Waals surface area contributed by atoms with Crippen LogP contribution in [0.15, 0.2) is 35.3 Å². The summed E-state index contributed by atoms with van der Waals surface area (Å²) in [5.74, 6) is 0.874. The van der Waals surface area contributed by atoms with Crippen LogP contribution in [0.2, 0.25) is 0 Å². The van der Waals surface area contributed by atoms with E-state index in [-0.39, 0.29) is 24.1 Å². The molecule has 1 aliphatic heterocycles. The lowest BCUT2D eigenvalue weighted by Crippen LogP contribution is -2.29. The topological polar surface area (TPSA) is 24.4 Å². The molecule has 0 aliphatic carbocycles. The molecule has 1 N–H and O–H groups in total. The molecule has 2 rings (SSSR count). The Kier molecular flexibility index (Phi) is 5.65. The molecule has 1 aromatic rings. The average Bonchev–Trinajstić information content (AvgIpc) is 2.82. The van der Waals surface area contributed by atoms with E-state index < -0.39 is 5.51 Å². The molecule has 110 valence electrons. The Morgan fingerprint density at radius 3 is 2.75 bits per heavy atom. The van der Waals surface area contributed by atoms with Crippen molar-refractivity contribution in [1.29, 1.82) is 0 Å². The highest BCUT2D eigenvalue weighted by Gasteiger charge is 2.27. The fourth-order valence-corrected chi connectivity index (χ4v) is 3.25. The number of halogens is 3. The van der Waals surface area contributed by atoms with Gasteiger partial charge in [0.25, 0.3) is 0 Å². The van der Waals surface area contributed by atoms with Crippen molar-refractivity contribution in [3.8, 4) is 0 Å². The third-order valence-electron chi connectivity index (χ3n) is 2.69. The molecule has 0 spiro atoms. The van der Waals surface area contributed by atoms with Crippen molar-refractivity contribution in [3.05, 3.63) is 35.9 Å². The summed E-state index contributed by atoms with van der Waals surface area (Å²) in [5, 5.41) is 4.02. The van der Waals surface area contributed by atoms with Crippen LogP contribution in [0.3, 0.4) is 0 Å². The Morgan fingerprint density at radius 2 is 2.05 bits per heavy atom. The van der Waals surface area contributed by atoms with Crippen LogP contribution < -0.4 is 5.32 Å². The Hall–Kier alpha value is -0.820. The summed E-state index contributed by atoms with van der Waals surface area (Å²) in [6.45, 7) is 0.192. The lowest BCUT2D eigenvalue weighted by Gasteiger charge is -2.09. The third kappa shape index (κ3) is 5.66. The molecule has 0 saturated carbocycles. The first-order chi connectivity index (χ1) is 9.53. The van der Waals surface area contributed by atoms with E-state index >= 15 is 0 Å². The van der Waals surface area contributed by atoms with E-state index in [1.165, 1.54) is 5.56 Å². The first kappa shape index (κ1) is 15.6. The van der Waals surface area contributed by atoms with Gasteiger partial charge in [0, 0.05) is 17.5 Å². The highest BCUT2D eigenvalue weighted by Crippen LogP contribution is 2.29. The molecule has 0 radical (unpaired) electrons. The van der Waals surface area contributed by atoms with Gasteiger partial charge < -0.3 is 5.32 Å². The predicted octanol–water partition coefficient (Wildman–Crippen LogP) is 3.54. The smallest absolute Gasteiger partial charge is 0.361 e. The van der Waals surface area contributed by atoms with Gasteiger partial charge in [-0.25, -0.2) is 0 Å². The van der Waals surface area contributed by atoms with Gasteiger partial charge in [-0.15, -0.1) is 0 Å². The Labute approximate surface area is 124 Å². The van der Waals surface area contributed by atoms with Crippen LogP contribution in [0.1, 0.15) is 5.56 Å². The number of alkyl halides is 3. The van der Waals surface area contributed by atoms with Crippen molar-refractivity contribution in [1.82, 2.24) is 5.32 Å². The summed E-state index contributed by atoms with van der Waals surface area (Å²) in [7, 11) is 0. The maximum absolute atomic E-state index is 12.0. The fraction of sp³-hybridized carbons (Fsp3) is 0.462. The van der Waals surface area contributed by atoms with E-state index in [4.69, 9.17) is 0 Å². The van der Waals surface area contributed by atoms with Crippen LogP contribution in [0.5, 0.6) is 0 Å². The van der Waals surface area contributed by atoms with Crippen LogP contribution in [-0.2, 0) is 6.42 Å². The van der Waals surface area contributed by atoms with E-state index in [9.17, 15) is 13.2 Å². The molecule has 1 aliphatic rings. The van der Waals surface area contributed by atoms with Crippen molar-refractivity contribution in [2.75, 3.05) is 18.1 Å². The number of amidine groups is 1. The molecule has 1 unspecified atom stereocenters. The van der Waals surface area contributed by atoms with Crippen LogP contribution in [0, 0.1) is 0 Å². The number of aliphatic imine (C=N–C) groups is 1. The minimum absolute atomic E-state index is 0.0238. The number of thioether (sulfide) groups is 2. The van der Waals surface area contributed by atoms with Gasteiger partial charge in [-0.2, -0.15) is 13.2 Å². The summed E-state index contributed by atoms with van der Waals surface area (Å²) < 4.78 is 35.9. The zero-order valence-corrected chi connectivity index (χ0v) is 12.3. The molecule has 20 heavy (non-hydrogen) atoms. The quantitative estimate of drug-likeness (QED) is 0.840. The minimum atomic E-state index is -4.16. The summed E-state index contributed by atoms with van der Waals surface area (Å²) in [6, 6.07) is 10.4. The fourth-order valence-electron chi connectivity index (χ4n) is 1.85.